The predicted molar refractivity (Wildman–Crippen MR) is 164 cm³/mol. The molecule has 2 amide bonds. The van der Waals surface area contributed by atoms with E-state index in [0.717, 1.165) is 41.1 Å². The van der Waals surface area contributed by atoms with Crippen LogP contribution in [0.5, 0.6) is 0 Å². The second-order valence-corrected chi connectivity index (χ2v) is 13.0. The SMILES string of the molecule is CCC(C(=O)NC1CCCC1)N(Cc1ccccc1C)C(=O)CN(c1ccc(Cl)cc1Cl)S(=O)(=O)c1ccccc1. The van der Waals surface area contributed by atoms with Crippen LogP contribution in [0.25, 0.3) is 0 Å². The van der Waals surface area contributed by atoms with Gasteiger partial charge in [-0.2, -0.15) is 0 Å². The van der Waals surface area contributed by atoms with Crippen LogP contribution < -0.4 is 9.62 Å². The lowest BCUT2D eigenvalue weighted by Gasteiger charge is -2.34. The van der Waals surface area contributed by atoms with Crippen LogP contribution >= 0.6 is 23.2 Å². The molecule has 1 aliphatic rings. The Kier molecular flexibility index (Phi) is 10.3. The molecule has 0 spiro atoms. The Morgan fingerprint density at radius 1 is 0.976 bits per heavy atom. The van der Waals surface area contributed by atoms with Gasteiger partial charge in [0.25, 0.3) is 10.0 Å². The highest BCUT2D eigenvalue weighted by atomic mass is 35.5. The van der Waals surface area contributed by atoms with Crippen LogP contribution in [0, 0.1) is 6.92 Å². The van der Waals surface area contributed by atoms with Crippen molar-refractivity contribution in [1.82, 2.24) is 10.2 Å². The van der Waals surface area contributed by atoms with Crippen molar-refractivity contribution >= 4 is 50.7 Å². The standard InChI is InChI=1S/C31H35Cl2N3O4S/c1-3-28(31(38)34-25-13-9-10-14-25)35(20-23-12-8-7-11-22(23)2)30(37)21-36(29-18-17-24(32)19-27(29)33)41(39,40)26-15-5-4-6-16-26/h4-8,11-12,15-19,25,28H,3,9-10,13-14,20-21H2,1-2H3,(H,34,38). The number of rotatable bonds is 11. The molecule has 4 rings (SSSR count). The largest absolute Gasteiger partial charge is 0.352 e. The number of halogens is 2. The first-order chi connectivity index (χ1) is 19.6. The van der Waals surface area contributed by atoms with Crippen molar-refractivity contribution in [2.75, 3.05) is 10.8 Å². The van der Waals surface area contributed by atoms with Crippen LogP contribution in [0.2, 0.25) is 10.0 Å². The summed E-state index contributed by atoms with van der Waals surface area (Å²) in [4.78, 5) is 29.3. The van der Waals surface area contributed by atoms with Crippen molar-refractivity contribution in [2.45, 2.75) is 69.5 Å². The van der Waals surface area contributed by atoms with Gasteiger partial charge in [-0.3, -0.25) is 13.9 Å². The highest BCUT2D eigenvalue weighted by Gasteiger charge is 2.35. The molecule has 3 aromatic carbocycles. The summed E-state index contributed by atoms with van der Waals surface area (Å²) in [5.41, 5.74) is 1.95. The molecule has 0 bridgehead atoms. The molecule has 1 aliphatic carbocycles. The number of aryl methyl sites for hydroxylation is 1. The molecule has 1 atom stereocenters. The van der Waals surface area contributed by atoms with Gasteiger partial charge in [0.2, 0.25) is 11.8 Å². The molecule has 0 saturated heterocycles. The summed E-state index contributed by atoms with van der Waals surface area (Å²) < 4.78 is 28.9. The first-order valence-corrected chi connectivity index (χ1v) is 16.0. The lowest BCUT2D eigenvalue weighted by atomic mass is 10.1. The molecule has 7 nitrogen and oxygen atoms in total. The van der Waals surface area contributed by atoms with Gasteiger partial charge in [0.15, 0.2) is 0 Å². The number of hydrogen-bond donors (Lipinski definition) is 1. The molecular weight excluding hydrogens is 581 g/mol. The molecule has 1 unspecified atom stereocenters. The van der Waals surface area contributed by atoms with Gasteiger partial charge in [-0.25, -0.2) is 8.42 Å². The molecule has 3 aromatic rings. The Bertz CT molecular complexity index is 1480. The van der Waals surface area contributed by atoms with Crippen molar-refractivity contribution < 1.29 is 18.0 Å². The van der Waals surface area contributed by atoms with E-state index in [0.29, 0.717) is 11.4 Å². The zero-order valence-corrected chi connectivity index (χ0v) is 25.6. The summed E-state index contributed by atoms with van der Waals surface area (Å²) >= 11 is 12.6. The van der Waals surface area contributed by atoms with Gasteiger partial charge in [-0.15, -0.1) is 0 Å². The summed E-state index contributed by atoms with van der Waals surface area (Å²) in [7, 11) is -4.21. The minimum atomic E-state index is -4.21. The number of carbonyl (C=O) groups excluding carboxylic acids is 2. The van der Waals surface area contributed by atoms with E-state index < -0.39 is 28.5 Å². The summed E-state index contributed by atoms with van der Waals surface area (Å²) in [5.74, 6) is -0.754. The Labute approximate surface area is 252 Å². The molecule has 0 heterocycles. The van der Waals surface area contributed by atoms with Crippen molar-refractivity contribution in [3.8, 4) is 0 Å². The fraction of sp³-hybridized carbons (Fsp3) is 0.355. The van der Waals surface area contributed by atoms with Gasteiger partial charge in [0.1, 0.15) is 12.6 Å². The fourth-order valence-electron chi connectivity index (χ4n) is 5.17. The van der Waals surface area contributed by atoms with Gasteiger partial charge in [0.05, 0.1) is 15.6 Å². The van der Waals surface area contributed by atoms with E-state index in [9.17, 15) is 18.0 Å². The number of anilines is 1. The lowest BCUT2D eigenvalue weighted by Crippen LogP contribution is -2.53. The molecule has 218 valence electrons. The molecule has 1 saturated carbocycles. The number of benzene rings is 3. The number of amides is 2. The zero-order chi connectivity index (χ0) is 29.6. The van der Waals surface area contributed by atoms with Gasteiger partial charge < -0.3 is 10.2 Å². The van der Waals surface area contributed by atoms with Gasteiger partial charge in [0, 0.05) is 17.6 Å². The Hall–Kier alpha value is -3.07. The van der Waals surface area contributed by atoms with Crippen molar-refractivity contribution in [3.05, 3.63) is 94.0 Å². The van der Waals surface area contributed by atoms with Gasteiger partial charge in [-0.05, 0) is 67.6 Å². The maximum Gasteiger partial charge on any atom is 0.264 e. The average molecular weight is 617 g/mol. The first kappa shape index (κ1) is 30.9. The maximum atomic E-state index is 14.2. The van der Waals surface area contributed by atoms with Crippen molar-refractivity contribution in [1.29, 1.82) is 0 Å². The van der Waals surface area contributed by atoms with E-state index in [2.05, 4.69) is 5.32 Å². The van der Waals surface area contributed by atoms with Crippen molar-refractivity contribution in [2.24, 2.45) is 0 Å². The van der Waals surface area contributed by atoms with E-state index >= 15 is 0 Å². The Balaban J connectivity index is 1.74. The number of sulfonamides is 1. The van der Waals surface area contributed by atoms with E-state index in [1.807, 2.05) is 38.1 Å². The molecule has 0 aliphatic heterocycles. The number of hydrogen-bond acceptors (Lipinski definition) is 4. The minimum Gasteiger partial charge on any atom is -0.352 e. The number of nitrogens with one attached hydrogen (secondary N) is 1. The zero-order valence-electron chi connectivity index (χ0n) is 23.2. The van der Waals surface area contributed by atoms with Crippen molar-refractivity contribution in [3.63, 3.8) is 0 Å². The van der Waals surface area contributed by atoms with E-state index in [1.54, 1.807) is 18.2 Å². The Morgan fingerprint density at radius 2 is 1.63 bits per heavy atom. The fourth-order valence-corrected chi connectivity index (χ4v) is 7.19. The minimum absolute atomic E-state index is 0.00953. The second-order valence-electron chi connectivity index (χ2n) is 10.3. The topological polar surface area (TPSA) is 86.8 Å². The lowest BCUT2D eigenvalue weighted by molar-refractivity contribution is -0.140. The maximum absolute atomic E-state index is 14.2. The molecule has 0 radical (unpaired) electrons. The third-order valence-electron chi connectivity index (χ3n) is 7.48. The van der Waals surface area contributed by atoms with Gasteiger partial charge in [-0.1, -0.05) is 85.4 Å². The van der Waals surface area contributed by atoms with E-state index in [1.165, 1.54) is 35.2 Å². The highest BCUT2D eigenvalue weighted by Crippen LogP contribution is 2.33. The molecule has 1 fully saturated rings. The third-order valence-corrected chi connectivity index (χ3v) is 9.79. The monoisotopic (exact) mass is 615 g/mol. The van der Waals surface area contributed by atoms with Crippen LogP contribution in [0.1, 0.15) is 50.2 Å². The number of nitrogens with zero attached hydrogens (tertiary/aromatic N) is 2. The summed E-state index contributed by atoms with van der Waals surface area (Å²) in [5, 5.41) is 3.54. The van der Waals surface area contributed by atoms with Crippen LogP contribution in [-0.2, 0) is 26.2 Å². The molecule has 41 heavy (non-hydrogen) atoms. The predicted octanol–water partition coefficient (Wildman–Crippen LogP) is 6.36. The molecule has 1 N–H and O–H groups in total. The van der Waals surface area contributed by atoms with Crippen LogP contribution in [0.4, 0.5) is 5.69 Å². The van der Waals surface area contributed by atoms with E-state index in [-0.39, 0.29) is 34.1 Å². The van der Waals surface area contributed by atoms with Crippen LogP contribution in [0.15, 0.2) is 77.7 Å². The first-order valence-electron chi connectivity index (χ1n) is 13.8. The van der Waals surface area contributed by atoms with Gasteiger partial charge >= 0.3 is 0 Å². The van der Waals surface area contributed by atoms with Crippen LogP contribution in [-0.4, -0.2) is 43.8 Å². The summed E-state index contributed by atoms with van der Waals surface area (Å²) in [6.45, 7) is 3.39. The summed E-state index contributed by atoms with van der Waals surface area (Å²) in [6, 6.07) is 19.2. The average Bonchev–Trinajstić information content (AvgIpc) is 3.46. The van der Waals surface area contributed by atoms with Crippen LogP contribution in [0.3, 0.4) is 0 Å². The smallest absolute Gasteiger partial charge is 0.264 e. The molecular formula is C31H35Cl2N3O4S. The third kappa shape index (κ3) is 7.42. The van der Waals surface area contributed by atoms with E-state index in [4.69, 9.17) is 23.2 Å². The normalized spacial score (nSPS) is 14.4. The quantitative estimate of drug-likeness (QED) is 0.272. The second kappa shape index (κ2) is 13.7. The Morgan fingerprint density at radius 3 is 2.27 bits per heavy atom. The number of carbonyl (C=O) groups is 2. The molecule has 10 heteroatoms. The summed E-state index contributed by atoms with van der Waals surface area (Å²) in [6.07, 6.45) is 4.30. The molecule has 0 aromatic heterocycles. The highest BCUT2D eigenvalue weighted by molar-refractivity contribution is 7.92.